The van der Waals surface area contributed by atoms with E-state index in [0.29, 0.717) is 5.88 Å². The average molecular weight is 337 g/mol. The van der Waals surface area contributed by atoms with Gasteiger partial charge in [-0.2, -0.15) is 0 Å². The van der Waals surface area contributed by atoms with Crippen molar-refractivity contribution in [1.29, 1.82) is 0 Å². The SMILES string of the molecule is ClCc1ccc(Br)cc1N1CCc2ccccc2C1. The Morgan fingerprint density at radius 1 is 1.11 bits per heavy atom. The van der Waals surface area contributed by atoms with Crippen molar-refractivity contribution < 1.29 is 0 Å². The molecule has 19 heavy (non-hydrogen) atoms. The summed E-state index contributed by atoms with van der Waals surface area (Å²) >= 11 is 9.62. The van der Waals surface area contributed by atoms with Crippen LogP contribution in [0.2, 0.25) is 0 Å². The fourth-order valence-electron chi connectivity index (χ4n) is 2.65. The first-order chi connectivity index (χ1) is 9.28. The van der Waals surface area contributed by atoms with Crippen LogP contribution in [0.4, 0.5) is 5.69 Å². The fourth-order valence-corrected chi connectivity index (χ4v) is 3.22. The molecule has 0 fully saturated rings. The Hall–Kier alpha value is -0.990. The first-order valence-electron chi connectivity index (χ1n) is 6.44. The monoisotopic (exact) mass is 335 g/mol. The zero-order chi connectivity index (χ0) is 13.2. The third kappa shape index (κ3) is 2.65. The summed E-state index contributed by atoms with van der Waals surface area (Å²) in [6, 6.07) is 15.0. The van der Waals surface area contributed by atoms with Crippen LogP contribution in [0.25, 0.3) is 0 Å². The van der Waals surface area contributed by atoms with Crippen LogP contribution in [0, 0.1) is 0 Å². The topological polar surface area (TPSA) is 3.24 Å². The molecule has 1 nitrogen and oxygen atoms in total. The molecule has 2 aromatic rings. The Bertz CT molecular complexity index is 597. The van der Waals surface area contributed by atoms with Gasteiger partial charge >= 0.3 is 0 Å². The van der Waals surface area contributed by atoms with E-state index in [1.165, 1.54) is 22.4 Å². The van der Waals surface area contributed by atoms with E-state index < -0.39 is 0 Å². The fraction of sp³-hybridized carbons (Fsp3) is 0.250. The Morgan fingerprint density at radius 3 is 2.68 bits per heavy atom. The molecule has 1 aliphatic heterocycles. The number of hydrogen-bond acceptors (Lipinski definition) is 1. The van der Waals surface area contributed by atoms with Crippen molar-refractivity contribution in [3.8, 4) is 0 Å². The highest BCUT2D eigenvalue weighted by Gasteiger charge is 2.18. The summed E-state index contributed by atoms with van der Waals surface area (Å²) in [4.78, 5) is 2.42. The van der Waals surface area contributed by atoms with E-state index in [0.717, 1.165) is 24.0 Å². The number of alkyl halides is 1. The summed E-state index contributed by atoms with van der Waals surface area (Å²) in [5.41, 5.74) is 5.35. The molecule has 1 aliphatic rings. The zero-order valence-corrected chi connectivity index (χ0v) is 12.9. The molecular weight excluding hydrogens is 322 g/mol. The van der Waals surface area contributed by atoms with E-state index in [-0.39, 0.29) is 0 Å². The van der Waals surface area contributed by atoms with Gasteiger partial charge in [-0.1, -0.05) is 46.3 Å². The van der Waals surface area contributed by atoms with Crippen molar-refractivity contribution in [2.24, 2.45) is 0 Å². The van der Waals surface area contributed by atoms with Gasteiger partial charge in [-0.15, -0.1) is 11.6 Å². The standard InChI is InChI=1S/C16H15BrClN/c17-15-6-5-13(10-18)16(9-15)19-8-7-12-3-1-2-4-14(12)11-19/h1-6,9H,7-8,10-11H2. The minimum Gasteiger partial charge on any atom is -0.367 e. The molecule has 0 saturated heterocycles. The van der Waals surface area contributed by atoms with Gasteiger partial charge in [0, 0.05) is 29.1 Å². The van der Waals surface area contributed by atoms with Crippen LogP contribution >= 0.6 is 27.5 Å². The highest BCUT2D eigenvalue weighted by Crippen LogP contribution is 2.30. The highest BCUT2D eigenvalue weighted by atomic mass is 79.9. The Morgan fingerprint density at radius 2 is 1.89 bits per heavy atom. The molecule has 98 valence electrons. The molecule has 0 aliphatic carbocycles. The molecule has 2 aromatic carbocycles. The van der Waals surface area contributed by atoms with Crippen LogP contribution < -0.4 is 4.90 Å². The lowest BCUT2D eigenvalue weighted by Crippen LogP contribution is -2.30. The summed E-state index contributed by atoms with van der Waals surface area (Å²) in [5, 5.41) is 0. The molecule has 0 bridgehead atoms. The van der Waals surface area contributed by atoms with E-state index in [2.05, 4.69) is 63.3 Å². The predicted molar refractivity (Wildman–Crippen MR) is 84.9 cm³/mol. The molecule has 0 radical (unpaired) electrons. The Labute approximate surface area is 127 Å². The van der Waals surface area contributed by atoms with Crippen molar-refractivity contribution in [1.82, 2.24) is 0 Å². The summed E-state index contributed by atoms with van der Waals surface area (Å²) in [7, 11) is 0. The molecule has 0 spiro atoms. The first-order valence-corrected chi connectivity index (χ1v) is 7.77. The summed E-state index contributed by atoms with van der Waals surface area (Å²) in [5.74, 6) is 0.556. The van der Waals surface area contributed by atoms with Gasteiger partial charge in [0.15, 0.2) is 0 Å². The van der Waals surface area contributed by atoms with E-state index in [1.54, 1.807) is 0 Å². The van der Waals surface area contributed by atoms with Crippen molar-refractivity contribution >= 4 is 33.2 Å². The van der Waals surface area contributed by atoms with Crippen LogP contribution in [-0.2, 0) is 18.8 Å². The van der Waals surface area contributed by atoms with Crippen molar-refractivity contribution in [2.75, 3.05) is 11.4 Å². The maximum atomic E-state index is 6.06. The second kappa shape index (κ2) is 5.56. The maximum absolute atomic E-state index is 6.06. The van der Waals surface area contributed by atoms with E-state index in [1.807, 2.05) is 0 Å². The molecule has 0 amide bonds. The number of halogens is 2. The van der Waals surface area contributed by atoms with Crippen LogP contribution in [-0.4, -0.2) is 6.54 Å². The minimum absolute atomic E-state index is 0.556. The molecule has 0 saturated carbocycles. The summed E-state index contributed by atoms with van der Waals surface area (Å²) in [6.07, 6.45) is 1.10. The molecule has 1 heterocycles. The first kappa shape index (κ1) is 13.0. The number of nitrogens with zero attached hydrogens (tertiary/aromatic N) is 1. The zero-order valence-electron chi connectivity index (χ0n) is 10.6. The second-order valence-electron chi connectivity index (χ2n) is 4.85. The van der Waals surface area contributed by atoms with Crippen LogP contribution in [0.3, 0.4) is 0 Å². The minimum atomic E-state index is 0.556. The van der Waals surface area contributed by atoms with Crippen LogP contribution in [0.15, 0.2) is 46.9 Å². The summed E-state index contributed by atoms with van der Waals surface area (Å²) < 4.78 is 1.11. The number of benzene rings is 2. The molecular formula is C16H15BrClN. The number of fused-ring (bicyclic) bond motifs is 1. The van der Waals surface area contributed by atoms with Gasteiger partial charge in [-0.25, -0.2) is 0 Å². The van der Waals surface area contributed by atoms with E-state index in [9.17, 15) is 0 Å². The van der Waals surface area contributed by atoms with Crippen molar-refractivity contribution in [3.05, 3.63) is 63.6 Å². The lowest BCUT2D eigenvalue weighted by Gasteiger charge is -2.32. The quantitative estimate of drug-likeness (QED) is 0.715. The largest absolute Gasteiger partial charge is 0.367 e. The van der Waals surface area contributed by atoms with E-state index in [4.69, 9.17) is 11.6 Å². The molecule has 0 aromatic heterocycles. The smallest absolute Gasteiger partial charge is 0.0494 e. The third-order valence-corrected chi connectivity index (χ3v) is 4.44. The van der Waals surface area contributed by atoms with Gasteiger partial charge in [0.1, 0.15) is 0 Å². The van der Waals surface area contributed by atoms with Crippen LogP contribution in [0.1, 0.15) is 16.7 Å². The third-order valence-electron chi connectivity index (χ3n) is 3.66. The van der Waals surface area contributed by atoms with Gasteiger partial charge in [-0.05, 0) is 35.2 Å². The lowest BCUT2D eigenvalue weighted by atomic mass is 9.99. The lowest BCUT2D eigenvalue weighted by molar-refractivity contribution is 0.729. The molecule has 0 unspecified atom stereocenters. The van der Waals surface area contributed by atoms with Gasteiger partial charge in [0.2, 0.25) is 0 Å². The Kier molecular flexibility index (Phi) is 3.81. The van der Waals surface area contributed by atoms with Crippen molar-refractivity contribution in [2.45, 2.75) is 18.8 Å². The molecule has 0 atom stereocenters. The van der Waals surface area contributed by atoms with Crippen LogP contribution in [0.5, 0.6) is 0 Å². The van der Waals surface area contributed by atoms with Gasteiger partial charge in [0.05, 0.1) is 0 Å². The van der Waals surface area contributed by atoms with Crippen molar-refractivity contribution in [3.63, 3.8) is 0 Å². The summed E-state index contributed by atoms with van der Waals surface area (Å²) in [6.45, 7) is 2.02. The predicted octanol–water partition coefficient (Wildman–Crippen LogP) is 4.75. The van der Waals surface area contributed by atoms with Gasteiger partial charge in [-0.3, -0.25) is 0 Å². The Balaban J connectivity index is 1.95. The molecule has 0 N–H and O–H groups in total. The van der Waals surface area contributed by atoms with Gasteiger partial charge in [0.25, 0.3) is 0 Å². The van der Waals surface area contributed by atoms with Gasteiger partial charge < -0.3 is 4.90 Å². The van der Waals surface area contributed by atoms with E-state index >= 15 is 0 Å². The maximum Gasteiger partial charge on any atom is 0.0494 e. The average Bonchev–Trinajstić information content (AvgIpc) is 2.46. The normalized spacial score (nSPS) is 14.3. The number of rotatable bonds is 2. The molecule has 3 heteroatoms. The number of anilines is 1. The molecule has 3 rings (SSSR count). The highest BCUT2D eigenvalue weighted by molar-refractivity contribution is 9.10. The number of hydrogen-bond donors (Lipinski definition) is 0. The second-order valence-corrected chi connectivity index (χ2v) is 6.03.